The van der Waals surface area contributed by atoms with E-state index in [0.717, 1.165) is 6.26 Å². The lowest BCUT2D eigenvalue weighted by Gasteiger charge is -2.15. The number of sulfone groups is 1. The Kier molecular flexibility index (Phi) is 4.79. The molecule has 0 unspecified atom stereocenters. The van der Waals surface area contributed by atoms with Gasteiger partial charge in [0, 0.05) is 12.2 Å². The van der Waals surface area contributed by atoms with Gasteiger partial charge in [0.2, 0.25) is 0 Å². The third-order valence-corrected chi connectivity index (χ3v) is 5.55. The zero-order chi connectivity index (χ0) is 17.3. The van der Waals surface area contributed by atoms with E-state index in [1.54, 1.807) is 44.2 Å². The second-order valence-corrected chi connectivity index (χ2v) is 7.62. The third-order valence-electron chi connectivity index (χ3n) is 3.98. The number of benzene rings is 1. The summed E-state index contributed by atoms with van der Waals surface area (Å²) in [7, 11) is -3.66. The van der Waals surface area contributed by atoms with E-state index < -0.39 is 38.4 Å². The number of hydrogen-bond acceptors (Lipinski definition) is 6. The molecule has 1 aliphatic carbocycles. The van der Waals surface area contributed by atoms with Crippen LogP contribution in [-0.4, -0.2) is 45.1 Å². The molecule has 0 N–H and O–H groups in total. The first-order chi connectivity index (χ1) is 10.8. The minimum absolute atomic E-state index is 0.0536. The Labute approximate surface area is 135 Å². The lowest BCUT2D eigenvalue weighted by atomic mass is 9.99. The maximum Gasteiger partial charge on any atom is 0.325 e. The average molecular weight is 340 g/mol. The Bertz CT molecular complexity index is 677. The molecule has 1 aromatic rings. The van der Waals surface area contributed by atoms with E-state index in [9.17, 15) is 18.0 Å². The summed E-state index contributed by atoms with van der Waals surface area (Å²) in [6, 6.07) is 8.63. The lowest BCUT2D eigenvalue weighted by molar-refractivity contribution is -0.164. The van der Waals surface area contributed by atoms with Crippen LogP contribution in [0.1, 0.15) is 25.3 Å². The van der Waals surface area contributed by atoms with E-state index in [0.29, 0.717) is 5.56 Å². The van der Waals surface area contributed by atoms with E-state index in [1.807, 2.05) is 0 Å². The molecule has 2 rings (SSSR count). The average Bonchev–Trinajstić information content (AvgIpc) is 3.20. The third kappa shape index (κ3) is 2.85. The smallest absolute Gasteiger partial charge is 0.325 e. The maximum absolute atomic E-state index is 12.5. The largest absolute Gasteiger partial charge is 0.465 e. The van der Waals surface area contributed by atoms with Crippen LogP contribution < -0.4 is 0 Å². The van der Waals surface area contributed by atoms with Crippen molar-refractivity contribution < 1.29 is 27.5 Å². The van der Waals surface area contributed by atoms with Crippen molar-refractivity contribution in [2.24, 2.45) is 5.41 Å². The van der Waals surface area contributed by atoms with Gasteiger partial charge in [0.1, 0.15) is 0 Å². The summed E-state index contributed by atoms with van der Waals surface area (Å²) in [5.41, 5.74) is -1.22. The summed E-state index contributed by atoms with van der Waals surface area (Å²) >= 11 is 0. The fourth-order valence-electron chi connectivity index (χ4n) is 3.11. The van der Waals surface area contributed by atoms with Gasteiger partial charge in [0.15, 0.2) is 15.3 Å². The predicted molar refractivity (Wildman–Crippen MR) is 83.5 cm³/mol. The van der Waals surface area contributed by atoms with E-state index in [2.05, 4.69) is 0 Å². The maximum atomic E-state index is 12.5. The van der Waals surface area contributed by atoms with E-state index in [-0.39, 0.29) is 13.2 Å². The van der Waals surface area contributed by atoms with Crippen molar-refractivity contribution in [3.05, 3.63) is 35.9 Å². The summed E-state index contributed by atoms with van der Waals surface area (Å²) in [6.45, 7) is 3.31. The Morgan fingerprint density at radius 2 is 1.52 bits per heavy atom. The molecule has 1 aliphatic rings. The molecule has 2 atom stereocenters. The molecule has 0 spiro atoms. The summed E-state index contributed by atoms with van der Waals surface area (Å²) < 4.78 is 34.4. The number of rotatable bonds is 6. The number of carbonyl (C=O) groups excluding carboxylic acids is 2. The molecule has 23 heavy (non-hydrogen) atoms. The molecule has 0 amide bonds. The fourth-order valence-corrected chi connectivity index (χ4v) is 4.91. The van der Waals surface area contributed by atoms with Gasteiger partial charge in [-0.15, -0.1) is 0 Å². The summed E-state index contributed by atoms with van der Waals surface area (Å²) in [4.78, 5) is 25.0. The molecule has 0 heterocycles. The highest BCUT2D eigenvalue weighted by molar-refractivity contribution is 7.91. The van der Waals surface area contributed by atoms with E-state index in [4.69, 9.17) is 9.47 Å². The van der Waals surface area contributed by atoms with Crippen LogP contribution in [0.3, 0.4) is 0 Å². The second-order valence-electron chi connectivity index (χ2n) is 5.45. The molecule has 7 heteroatoms. The first kappa shape index (κ1) is 17.5. The van der Waals surface area contributed by atoms with Crippen LogP contribution in [0.5, 0.6) is 0 Å². The number of ether oxygens (including phenoxy) is 2. The lowest BCUT2D eigenvalue weighted by Crippen LogP contribution is -2.35. The number of carbonyl (C=O) groups is 2. The van der Waals surface area contributed by atoms with Gasteiger partial charge in [-0.1, -0.05) is 30.3 Å². The van der Waals surface area contributed by atoms with Crippen LogP contribution in [0, 0.1) is 5.41 Å². The molecule has 0 bridgehead atoms. The first-order valence-electron chi connectivity index (χ1n) is 7.40. The molecule has 126 valence electrons. The Hall–Kier alpha value is -1.89. The highest BCUT2D eigenvalue weighted by atomic mass is 32.2. The standard InChI is InChI=1S/C16H20O6S/c1-4-21-14(17)16(15(18)22-5-2)12(13(16)23(3,19)20)11-9-7-6-8-10-11/h6-10,12-13H,4-5H2,1-3H3/t12-,13-/m1/s1. The van der Waals surface area contributed by atoms with E-state index >= 15 is 0 Å². The Morgan fingerprint density at radius 1 is 1.04 bits per heavy atom. The fraction of sp³-hybridized carbons (Fsp3) is 0.500. The van der Waals surface area contributed by atoms with Crippen molar-refractivity contribution in [2.45, 2.75) is 25.0 Å². The van der Waals surface area contributed by atoms with Gasteiger partial charge >= 0.3 is 11.9 Å². The van der Waals surface area contributed by atoms with Gasteiger partial charge in [0.25, 0.3) is 0 Å². The highest BCUT2D eigenvalue weighted by Crippen LogP contribution is 2.64. The Morgan fingerprint density at radius 3 is 1.91 bits per heavy atom. The van der Waals surface area contributed by atoms with Crippen molar-refractivity contribution in [3.63, 3.8) is 0 Å². The van der Waals surface area contributed by atoms with Crippen LogP contribution >= 0.6 is 0 Å². The molecule has 1 aromatic carbocycles. The molecule has 0 aliphatic heterocycles. The molecule has 0 aromatic heterocycles. The van der Waals surface area contributed by atoms with Crippen LogP contribution in [0.15, 0.2) is 30.3 Å². The van der Waals surface area contributed by atoms with Gasteiger partial charge in [-0.2, -0.15) is 0 Å². The van der Waals surface area contributed by atoms with Crippen molar-refractivity contribution >= 4 is 21.8 Å². The van der Waals surface area contributed by atoms with Gasteiger partial charge in [-0.25, -0.2) is 8.42 Å². The van der Waals surface area contributed by atoms with Gasteiger partial charge in [0.05, 0.1) is 18.5 Å². The van der Waals surface area contributed by atoms with Crippen molar-refractivity contribution in [1.29, 1.82) is 0 Å². The van der Waals surface area contributed by atoms with Gasteiger partial charge < -0.3 is 9.47 Å². The van der Waals surface area contributed by atoms with Crippen molar-refractivity contribution in [2.75, 3.05) is 19.5 Å². The molecular formula is C16H20O6S. The normalized spacial score (nSPS) is 22.2. The minimum Gasteiger partial charge on any atom is -0.465 e. The number of hydrogen-bond donors (Lipinski definition) is 0. The minimum atomic E-state index is -3.66. The van der Waals surface area contributed by atoms with Crippen LogP contribution in [0.2, 0.25) is 0 Å². The number of esters is 2. The molecular weight excluding hydrogens is 320 g/mol. The summed E-state index contributed by atoms with van der Waals surface area (Å²) in [5, 5.41) is -1.17. The zero-order valence-corrected chi connectivity index (χ0v) is 14.1. The van der Waals surface area contributed by atoms with E-state index in [1.165, 1.54) is 0 Å². The van der Waals surface area contributed by atoms with Gasteiger partial charge in [-0.05, 0) is 19.4 Å². The summed E-state index contributed by atoms with van der Waals surface area (Å²) in [6.07, 6.45) is 1.02. The zero-order valence-electron chi connectivity index (χ0n) is 13.3. The molecule has 0 saturated heterocycles. The molecule has 0 radical (unpaired) electrons. The monoisotopic (exact) mass is 340 g/mol. The first-order valence-corrected chi connectivity index (χ1v) is 9.35. The second kappa shape index (κ2) is 6.31. The molecule has 6 nitrogen and oxygen atoms in total. The SMILES string of the molecule is CCOC(=O)C1(C(=O)OCC)[C@H](c2ccccc2)[C@H]1S(C)(=O)=O. The highest BCUT2D eigenvalue weighted by Gasteiger charge is 2.80. The van der Waals surface area contributed by atoms with Crippen LogP contribution in [0.4, 0.5) is 0 Å². The molecule has 1 saturated carbocycles. The molecule has 1 fully saturated rings. The van der Waals surface area contributed by atoms with Crippen molar-refractivity contribution in [3.8, 4) is 0 Å². The quantitative estimate of drug-likeness (QED) is 0.573. The van der Waals surface area contributed by atoms with Crippen LogP contribution in [-0.2, 0) is 28.9 Å². The topological polar surface area (TPSA) is 86.7 Å². The van der Waals surface area contributed by atoms with Gasteiger partial charge in [-0.3, -0.25) is 9.59 Å². The summed E-state index contributed by atoms with van der Waals surface area (Å²) in [5.74, 6) is -2.48. The van der Waals surface area contributed by atoms with Crippen LogP contribution in [0.25, 0.3) is 0 Å². The predicted octanol–water partition coefficient (Wildman–Crippen LogP) is 1.31. The van der Waals surface area contributed by atoms with Crippen molar-refractivity contribution in [1.82, 2.24) is 0 Å². The Balaban J connectivity index is 2.58.